The fourth-order valence-corrected chi connectivity index (χ4v) is 3.02. The number of anilines is 1. The molecule has 0 bridgehead atoms. The van der Waals surface area contributed by atoms with E-state index in [2.05, 4.69) is 10.5 Å². The molecule has 1 heterocycles. The SMILES string of the molecule is Cc1cccc(C)c1OCc1c(C(=O)Nc2ccc(Cl)cc2[N+](=O)[O-])noc1C. The number of nitro benzene ring substituents is 1. The van der Waals surface area contributed by atoms with Crippen LogP contribution in [0.25, 0.3) is 0 Å². The first kappa shape index (κ1) is 20.3. The number of amides is 1. The van der Waals surface area contributed by atoms with Crippen LogP contribution in [0.2, 0.25) is 5.02 Å². The Labute approximate surface area is 171 Å². The summed E-state index contributed by atoms with van der Waals surface area (Å²) < 4.78 is 11.1. The highest BCUT2D eigenvalue weighted by Crippen LogP contribution is 2.29. The van der Waals surface area contributed by atoms with E-state index in [1.54, 1.807) is 6.92 Å². The summed E-state index contributed by atoms with van der Waals surface area (Å²) in [5.74, 6) is 0.493. The average Bonchev–Trinajstić information content (AvgIpc) is 3.03. The number of carbonyl (C=O) groups is 1. The number of rotatable bonds is 6. The fourth-order valence-electron chi connectivity index (χ4n) is 2.85. The number of nitrogens with one attached hydrogen (secondary N) is 1. The topological polar surface area (TPSA) is 108 Å². The summed E-state index contributed by atoms with van der Waals surface area (Å²) in [6.45, 7) is 5.58. The van der Waals surface area contributed by atoms with Gasteiger partial charge in [0, 0.05) is 11.1 Å². The minimum absolute atomic E-state index is 0.00187. The lowest BCUT2D eigenvalue weighted by atomic mass is 10.1. The molecule has 8 nitrogen and oxygen atoms in total. The van der Waals surface area contributed by atoms with E-state index in [-0.39, 0.29) is 28.7 Å². The van der Waals surface area contributed by atoms with Crippen LogP contribution in [0.1, 0.15) is 32.9 Å². The highest BCUT2D eigenvalue weighted by molar-refractivity contribution is 6.31. The summed E-state index contributed by atoms with van der Waals surface area (Å²) in [4.78, 5) is 23.3. The molecule has 0 aliphatic carbocycles. The van der Waals surface area contributed by atoms with Crippen LogP contribution in [-0.2, 0) is 6.61 Å². The van der Waals surface area contributed by atoms with Gasteiger partial charge >= 0.3 is 0 Å². The third-order valence-electron chi connectivity index (χ3n) is 4.37. The van der Waals surface area contributed by atoms with Crippen molar-refractivity contribution in [1.82, 2.24) is 5.16 Å². The molecule has 0 spiro atoms. The van der Waals surface area contributed by atoms with E-state index >= 15 is 0 Å². The van der Waals surface area contributed by atoms with Crippen molar-refractivity contribution in [3.05, 3.63) is 79.7 Å². The maximum atomic E-state index is 12.7. The lowest BCUT2D eigenvalue weighted by Crippen LogP contribution is -2.16. The number of nitrogens with zero attached hydrogens (tertiary/aromatic N) is 2. The highest BCUT2D eigenvalue weighted by atomic mass is 35.5. The van der Waals surface area contributed by atoms with Crippen LogP contribution in [0.15, 0.2) is 40.9 Å². The summed E-state index contributed by atoms with van der Waals surface area (Å²) >= 11 is 5.81. The van der Waals surface area contributed by atoms with Crippen molar-refractivity contribution < 1.29 is 19.0 Å². The van der Waals surface area contributed by atoms with Crippen LogP contribution in [0.3, 0.4) is 0 Å². The minimum Gasteiger partial charge on any atom is -0.488 e. The number of aryl methyl sites for hydroxylation is 3. The van der Waals surface area contributed by atoms with Crippen LogP contribution in [0, 0.1) is 30.9 Å². The van der Waals surface area contributed by atoms with Gasteiger partial charge in [0.2, 0.25) is 0 Å². The maximum Gasteiger partial charge on any atom is 0.294 e. The smallest absolute Gasteiger partial charge is 0.294 e. The van der Waals surface area contributed by atoms with Crippen LogP contribution in [0.5, 0.6) is 5.75 Å². The van der Waals surface area contributed by atoms with Gasteiger partial charge in [-0.2, -0.15) is 0 Å². The Hall–Kier alpha value is -3.39. The Balaban J connectivity index is 1.84. The number of hydrogen-bond donors (Lipinski definition) is 1. The van der Waals surface area contributed by atoms with Crippen LogP contribution in [0.4, 0.5) is 11.4 Å². The summed E-state index contributed by atoms with van der Waals surface area (Å²) in [5, 5.41) is 17.7. The third-order valence-corrected chi connectivity index (χ3v) is 4.61. The zero-order valence-corrected chi connectivity index (χ0v) is 16.7. The summed E-state index contributed by atoms with van der Waals surface area (Å²) in [6, 6.07) is 9.75. The molecule has 0 aliphatic rings. The molecule has 0 saturated heterocycles. The van der Waals surface area contributed by atoms with Gasteiger partial charge in [-0.25, -0.2) is 0 Å². The standard InChI is InChI=1S/C20H18ClN3O5/c1-11-5-4-6-12(2)19(11)28-10-15-13(3)29-23-18(15)20(25)22-16-8-7-14(21)9-17(16)24(26)27/h4-9H,10H2,1-3H3,(H,22,25). The number of halogens is 1. The lowest BCUT2D eigenvalue weighted by molar-refractivity contribution is -0.383. The first-order chi connectivity index (χ1) is 13.8. The van der Waals surface area contributed by atoms with E-state index < -0.39 is 10.8 Å². The van der Waals surface area contributed by atoms with Gasteiger partial charge in [0.15, 0.2) is 5.69 Å². The van der Waals surface area contributed by atoms with Crippen LogP contribution >= 0.6 is 11.6 Å². The predicted octanol–water partition coefficient (Wildman–Crippen LogP) is 4.99. The molecule has 3 aromatic rings. The summed E-state index contributed by atoms with van der Waals surface area (Å²) in [7, 11) is 0. The van der Waals surface area contributed by atoms with E-state index in [0.29, 0.717) is 17.1 Å². The Morgan fingerprint density at radius 1 is 1.24 bits per heavy atom. The van der Waals surface area contributed by atoms with E-state index in [1.165, 1.54) is 12.1 Å². The molecule has 150 valence electrons. The van der Waals surface area contributed by atoms with Gasteiger partial charge in [-0.05, 0) is 44.0 Å². The van der Waals surface area contributed by atoms with Gasteiger partial charge in [-0.3, -0.25) is 14.9 Å². The average molecular weight is 416 g/mol. The molecule has 1 amide bonds. The van der Waals surface area contributed by atoms with Gasteiger partial charge in [0.05, 0.1) is 10.5 Å². The molecular weight excluding hydrogens is 398 g/mol. The number of carbonyl (C=O) groups excluding carboxylic acids is 1. The molecular formula is C20H18ClN3O5. The number of aromatic nitrogens is 1. The van der Waals surface area contributed by atoms with Crippen molar-refractivity contribution in [3.8, 4) is 5.75 Å². The summed E-state index contributed by atoms with van der Waals surface area (Å²) in [6.07, 6.45) is 0. The highest BCUT2D eigenvalue weighted by Gasteiger charge is 2.24. The van der Waals surface area contributed by atoms with E-state index in [9.17, 15) is 14.9 Å². The second-order valence-corrected chi connectivity index (χ2v) is 6.88. The Kier molecular flexibility index (Phi) is 5.84. The van der Waals surface area contributed by atoms with Gasteiger partial charge in [0.25, 0.3) is 11.6 Å². The van der Waals surface area contributed by atoms with E-state index in [1.807, 2.05) is 32.0 Å². The van der Waals surface area contributed by atoms with Gasteiger partial charge in [-0.15, -0.1) is 0 Å². The zero-order valence-electron chi connectivity index (χ0n) is 16.0. The van der Waals surface area contributed by atoms with E-state index in [4.69, 9.17) is 20.9 Å². The molecule has 9 heteroatoms. The Morgan fingerprint density at radius 3 is 2.59 bits per heavy atom. The first-order valence-electron chi connectivity index (χ1n) is 8.67. The molecule has 29 heavy (non-hydrogen) atoms. The molecule has 3 rings (SSSR count). The number of nitro groups is 1. The van der Waals surface area contributed by atoms with Crippen molar-refractivity contribution in [2.75, 3.05) is 5.32 Å². The van der Waals surface area contributed by atoms with Crippen molar-refractivity contribution in [3.63, 3.8) is 0 Å². The minimum atomic E-state index is -0.646. The lowest BCUT2D eigenvalue weighted by Gasteiger charge is -2.12. The molecule has 1 aromatic heterocycles. The Bertz CT molecular complexity index is 1070. The van der Waals surface area contributed by atoms with Crippen molar-refractivity contribution in [1.29, 1.82) is 0 Å². The molecule has 1 N–H and O–H groups in total. The molecule has 0 aliphatic heterocycles. The fraction of sp³-hybridized carbons (Fsp3) is 0.200. The monoisotopic (exact) mass is 415 g/mol. The largest absolute Gasteiger partial charge is 0.488 e. The molecule has 0 saturated carbocycles. The quantitative estimate of drug-likeness (QED) is 0.448. The number of benzene rings is 2. The molecule has 0 atom stereocenters. The Morgan fingerprint density at radius 2 is 1.93 bits per heavy atom. The number of hydrogen-bond acceptors (Lipinski definition) is 6. The molecule has 0 fully saturated rings. The molecule has 0 radical (unpaired) electrons. The van der Waals surface area contributed by atoms with E-state index in [0.717, 1.165) is 17.2 Å². The van der Waals surface area contributed by atoms with Gasteiger partial charge < -0.3 is 14.6 Å². The zero-order chi connectivity index (χ0) is 21.1. The molecule has 2 aromatic carbocycles. The maximum absolute atomic E-state index is 12.7. The number of ether oxygens (including phenoxy) is 1. The third kappa shape index (κ3) is 4.38. The van der Waals surface area contributed by atoms with Gasteiger partial charge in [-0.1, -0.05) is 35.0 Å². The molecule has 0 unspecified atom stereocenters. The normalized spacial score (nSPS) is 10.6. The second kappa shape index (κ2) is 8.32. The van der Waals surface area contributed by atoms with Gasteiger partial charge in [0.1, 0.15) is 23.8 Å². The number of para-hydroxylation sites is 1. The van der Waals surface area contributed by atoms with Crippen LogP contribution < -0.4 is 10.1 Å². The van der Waals surface area contributed by atoms with Crippen molar-refractivity contribution >= 4 is 28.9 Å². The summed E-state index contributed by atoms with van der Waals surface area (Å²) in [5.41, 5.74) is 2.06. The van der Waals surface area contributed by atoms with Crippen LogP contribution in [-0.4, -0.2) is 16.0 Å². The van der Waals surface area contributed by atoms with Crippen molar-refractivity contribution in [2.45, 2.75) is 27.4 Å². The second-order valence-electron chi connectivity index (χ2n) is 6.45. The predicted molar refractivity (Wildman–Crippen MR) is 108 cm³/mol. The van der Waals surface area contributed by atoms with Crippen molar-refractivity contribution in [2.24, 2.45) is 0 Å². The first-order valence-corrected chi connectivity index (χ1v) is 9.05.